The van der Waals surface area contributed by atoms with Crippen LogP contribution in [0.3, 0.4) is 0 Å². The fraction of sp³-hybridized carbons (Fsp3) is 0. The van der Waals surface area contributed by atoms with Gasteiger partial charge in [-0.2, -0.15) is 0 Å². The molecule has 0 unspecified atom stereocenters. The van der Waals surface area contributed by atoms with E-state index in [4.69, 9.17) is 5.14 Å². The van der Waals surface area contributed by atoms with Crippen molar-refractivity contribution in [1.82, 2.24) is 4.98 Å². The highest BCUT2D eigenvalue weighted by atomic mass is 32.2. The van der Waals surface area contributed by atoms with Gasteiger partial charge in [0.25, 0.3) is 0 Å². The molecule has 0 aliphatic carbocycles. The van der Waals surface area contributed by atoms with E-state index in [1.54, 1.807) is 6.07 Å². The normalized spacial score (nSPS) is 12.1. The molecular formula is C8H7FN2O2S. The van der Waals surface area contributed by atoms with E-state index in [2.05, 4.69) is 4.98 Å². The molecule has 4 nitrogen and oxygen atoms in total. The zero-order valence-electron chi connectivity index (χ0n) is 6.99. The zero-order chi connectivity index (χ0) is 10.3. The Morgan fingerprint density at radius 1 is 1.36 bits per heavy atom. The van der Waals surface area contributed by atoms with Crippen molar-refractivity contribution in [3.63, 3.8) is 0 Å². The third-order valence-corrected chi connectivity index (χ3v) is 2.86. The molecule has 0 bridgehead atoms. The molecule has 14 heavy (non-hydrogen) atoms. The average molecular weight is 214 g/mol. The zero-order valence-corrected chi connectivity index (χ0v) is 7.81. The van der Waals surface area contributed by atoms with Gasteiger partial charge in [0.15, 0.2) is 0 Å². The summed E-state index contributed by atoms with van der Waals surface area (Å²) in [5.41, 5.74) is 0.411. The fourth-order valence-corrected chi connectivity index (χ4v) is 2.05. The van der Waals surface area contributed by atoms with Crippen LogP contribution in [0.5, 0.6) is 0 Å². The maximum atomic E-state index is 13.3. The third-order valence-electron chi connectivity index (χ3n) is 1.93. The van der Waals surface area contributed by atoms with Gasteiger partial charge in [-0.1, -0.05) is 6.07 Å². The molecule has 0 spiro atoms. The molecular weight excluding hydrogens is 207 g/mol. The Bertz CT molecular complexity index is 588. The largest absolute Gasteiger partial charge is 0.360 e. The van der Waals surface area contributed by atoms with Gasteiger partial charge in [0.2, 0.25) is 10.0 Å². The summed E-state index contributed by atoms with van der Waals surface area (Å²) in [6.45, 7) is 0. The fourth-order valence-electron chi connectivity index (χ4n) is 1.33. The topological polar surface area (TPSA) is 76.0 Å². The first-order chi connectivity index (χ1) is 6.50. The minimum absolute atomic E-state index is 0.00926. The summed E-state index contributed by atoms with van der Waals surface area (Å²) in [4.78, 5) is 2.42. The summed E-state index contributed by atoms with van der Waals surface area (Å²) in [5, 5.41) is 4.93. The van der Waals surface area contributed by atoms with Gasteiger partial charge in [-0.25, -0.2) is 17.9 Å². The van der Waals surface area contributed by atoms with Crippen LogP contribution in [0.25, 0.3) is 10.9 Å². The maximum Gasteiger partial charge on any atom is 0.240 e. The minimum atomic E-state index is -3.88. The molecule has 2 aromatic rings. The summed E-state index contributed by atoms with van der Waals surface area (Å²) >= 11 is 0. The van der Waals surface area contributed by atoms with E-state index in [9.17, 15) is 12.8 Å². The molecule has 1 aromatic carbocycles. The summed E-state index contributed by atoms with van der Waals surface area (Å²) in [6.07, 6.45) is 1.18. The Kier molecular flexibility index (Phi) is 1.83. The molecule has 74 valence electrons. The lowest BCUT2D eigenvalue weighted by molar-refractivity contribution is 0.597. The van der Waals surface area contributed by atoms with E-state index >= 15 is 0 Å². The number of aromatic amines is 1. The van der Waals surface area contributed by atoms with Crippen molar-refractivity contribution < 1.29 is 12.8 Å². The lowest BCUT2D eigenvalue weighted by Gasteiger charge is -1.96. The Labute approximate surface area is 79.6 Å². The molecule has 0 amide bonds. The van der Waals surface area contributed by atoms with Crippen LogP contribution in [0.15, 0.2) is 29.3 Å². The summed E-state index contributed by atoms with van der Waals surface area (Å²) in [6, 6.07) is 4.25. The molecule has 1 heterocycles. The lowest BCUT2D eigenvalue weighted by Crippen LogP contribution is -2.11. The molecule has 3 N–H and O–H groups in total. The van der Waals surface area contributed by atoms with E-state index in [0.29, 0.717) is 5.52 Å². The number of sulfonamides is 1. The van der Waals surface area contributed by atoms with Crippen LogP contribution in [-0.4, -0.2) is 13.4 Å². The van der Waals surface area contributed by atoms with Gasteiger partial charge in [-0.3, -0.25) is 0 Å². The number of nitrogens with one attached hydrogen (secondary N) is 1. The highest BCUT2D eigenvalue weighted by Crippen LogP contribution is 2.23. The second-order valence-electron chi connectivity index (χ2n) is 2.86. The first-order valence-electron chi connectivity index (χ1n) is 3.78. The monoisotopic (exact) mass is 214 g/mol. The van der Waals surface area contributed by atoms with E-state index in [-0.39, 0.29) is 10.3 Å². The minimum Gasteiger partial charge on any atom is -0.360 e. The molecule has 2 rings (SSSR count). The summed E-state index contributed by atoms with van der Waals surface area (Å²) < 4.78 is 35.4. The van der Waals surface area contributed by atoms with E-state index in [0.717, 1.165) is 0 Å². The average Bonchev–Trinajstić information content (AvgIpc) is 2.47. The molecule has 0 fully saturated rings. The number of rotatable bonds is 1. The SMILES string of the molecule is NS(=O)(=O)c1c[nH]c2cccc(F)c12. The molecule has 0 aliphatic heterocycles. The van der Waals surface area contributed by atoms with Crippen molar-refractivity contribution in [1.29, 1.82) is 0 Å². The Morgan fingerprint density at radius 3 is 2.71 bits per heavy atom. The van der Waals surface area contributed by atoms with Crippen molar-refractivity contribution in [3.05, 3.63) is 30.2 Å². The summed E-state index contributed by atoms with van der Waals surface area (Å²) in [5.74, 6) is -0.604. The van der Waals surface area contributed by atoms with Crippen LogP contribution in [0.1, 0.15) is 0 Å². The number of fused-ring (bicyclic) bond motifs is 1. The van der Waals surface area contributed by atoms with Crippen LogP contribution in [0.4, 0.5) is 4.39 Å². The van der Waals surface area contributed by atoms with Gasteiger partial charge < -0.3 is 4.98 Å². The Morgan fingerprint density at radius 2 is 2.07 bits per heavy atom. The van der Waals surface area contributed by atoms with Crippen LogP contribution in [0, 0.1) is 5.82 Å². The predicted molar refractivity (Wildman–Crippen MR) is 49.6 cm³/mol. The number of H-pyrrole nitrogens is 1. The molecule has 0 aliphatic rings. The molecule has 0 atom stereocenters. The number of nitrogens with two attached hydrogens (primary N) is 1. The highest BCUT2D eigenvalue weighted by Gasteiger charge is 2.16. The van der Waals surface area contributed by atoms with Gasteiger partial charge >= 0.3 is 0 Å². The molecule has 0 saturated heterocycles. The smallest absolute Gasteiger partial charge is 0.240 e. The van der Waals surface area contributed by atoms with Gasteiger partial charge in [0.1, 0.15) is 10.7 Å². The van der Waals surface area contributed by atoms with E-state index < -0.39 is 15.8 Å². The standard InChI is InChI=1S/C8H7FN2O2S/c9-5-2-1-3-6-8(5)7(4-11-6)14(10,12)13/h1-4,11H,(H2,10,12,13). The number of aromatic nitrogens is 1. The Balaban J connectivity index is 2.94. The van der Waals surface area contributed by atoms with Gasteiger partial charge in [-0.15, -0.1) is 0 Å². The third kappa shape index (κ3) is 1.28. The van der Waals surface area contributed by atoms with Gasteiger partial charge in [0.05, 0.1) is 5.39 Å². The van der Waals surface area contributed by atoms with E-state index in [1.807, 2.05) is 0 Å². The second-order valence-corrected chi connectivity index (χ2v) is 4.39. The van der Waals surface area contributed by atoms with Gasteiger partial charge in [0, 0.05) is 11.7 Å². The van der Waals surface area contributed by atoms with Crippen LogP contribution in [-0.2, 0) is 10.0 Å². The number of hydrogen-bond acceptors (Lipinski definition) is 2. The number of halogens is 1. The van der Waals surface area contributed by atoms with Crippen molar-refractivity contribution >= 4 is 20.9 Å². The van der Waals surface area contributed by atoms with Crippen molar-refractivity contribution in [3.8, 4) is 0 Å². The molecule has 0 radical (unpaired) electrons. The molecule has 1 aromatic heterocycles. The number of hydrogen-bond donors (Lipinski definition) is 2. The van der Waals surface area contributed by atoms with Crippen LogP contribution in [0.2, 0.25) is 0 Å². The van der Waals surface area contributed by atoms with E-state index in [1.165, 1.54) is 18.3 Å². The Hall–Kier alpha value is -1.40. The first kappa shape index (κ1) is 9.17. The van der Waals surface area contributed by atoms with Crippen molar-refractivity contribution in [2.75, 3.05) is 0 Å². The van der Waals surface area contributed by atoms with Crippen LogP contribution < -0.4 is 5.14 Å². The van der Waals surface area contributed by atoms with Crippen LogP contribution >= 0.6 is 0 Å². The highest BCUT2D eigenvalue weighted by molar-refractivity contribution is 7.89. The lowest BCUT2D eigenvalue weighted by atomic mass is 10.2. The number of benzene rings is 1. The van der Waals surface area contributed by atoms with Crippen molar-refractivity contribution in [2.24, 2.45) is 5.14 Å². The second kappa shape index (κ2) is 2.79. The summed E-state index contributed by atoms with van der Waals surface area (Å²) in [7, 11) is -3.88. The molecule has 6 heteroatoms. The predicted octanol–water partition coefficient (Wildman–Crippen LogP) is 0.954. The quantitative estimate of drug-likeness (QED) is 0.741. The number of primary sulfonamides is 1. The maximum absolute atomic E-state index is 13.3. The van der Waals surface area contributed by atoms with Gasteiger partial charge in [-0.05, 0) is 12.1 Å². The first-order valence-corrected chi connectivity index (χ1v) is 5.33. The molecule has 0 saturated carbocycles. The van der Waals surface area contributed by atoms with Crippen molar-refractivity contribution in [2.45, 2.75) is 4.90 Å².